The van der Waals surface area contributed by atoms with Gasteiger partial charge in [0.05, 0.1) is 0 Å². The summed E-state index contributed by atoms with van der Waals surface area (Å²) >= 11 is 11.6. The molecule has 0 spiro atoms. The van der Waals surface area contributed by atoms with Gasteiger partial charge in [0, 0.05) is 16.5 Å². The topological polar surface area (TPSA) is 0 Å². The van der Waals surface area contributed by atoms with E-state index >= 15 is 0 Å². The zero-order valence-corrected chi connectivity index (χ0v) is 11.3. The molecule has 0 atom stereocenters. The molecule has 2 aromatic carbocycles. The second-order valence-electron chi connectivity index (χ2n) is 3.98. The van der Waals surface area contributed by atoms with E-state index in [1.165, 1.54) is 0 Å². The van der Waals surface area contributed by atoms with Crippen LogP contribution in [0.4, 0.5) is 8.78 Å². The zero-order chi connectivity index (χ0) is 13.8. The van der Waals surface area contributed by atoms with E-state index in [2.05, 4.69) is 0 Å². The molecule has 0 unspecified atom stereocenters. The Morgan fingerprint density at radius 1 is 1.05 bits per heavy atom. The van der Waals surface area contributed by atoms with E-state index in [4.69, 9.17) is 23.2 Å². The first-order chi connectivity index (χ1) is 9.10. The van der Waals surface area contributed by atoms with Crippen molar-refractivity contribution in [3.05, 3.63) is 70.2 Å². The van der Waals surface area contributed by atoms with Crippen LogP contribution in [-0.2, 0) is 0 Å². The average Bonchev–Trinajstić information content (AvgIpc) is 2.41. The van der Waals surface area contributed by atoms with E-state index in [0.717, 1.165) is 23.8 Å². The summed E-state index contributed by atoms with van der Waals surface area (Å²) in [7, 11) is 0. The summed E-state index contributed by atoms with van der Waals surface area (Å²) in [6, 6.07) is 10.3. The van der Waals surface area contributed by atoms with Gasteiger partial charge in [0.1, 0.15) is 11.6 Å². The Morgan fingerprint density at radius 2 is 1.74 bits per heavy atom. The molecule has 0 saturated carbocycles. The molecule has 0 aliphatic carbocycles. The van der Waals surface area contributed by atoms with Gasteiger partial charge in [-0.1, -0.05) is 23.7 Å². The van der Waals surface area contributed by atoms with Crippen molar-refractivity contribution in [2.45, 2.75) is 0 Å². The lowest BCUT2D eigenvalue weighted by molar-refractivity contribution is 0.597. The van der Waals surface area contributed by atoms with Crippen LogP contribution in [0.1, 0.15) is 11.1 Å². The van der Waals surface area contributed by atoms with Crippen LogP contribution in [-0.4, -0.2) is 5.88 Å². The lowest BCUT2D eigenvalue weighted by Crippen LogP contribution is -1.93. The normalized spacial score (nSPS) is 11.7. The van der Waals surface area contributed by atoms with Crippen molar-refractivity contribution in [1.29, 1.82) is 0 Å². The second kappa shape index (κ2) is 6.18. The van der Waals surface area contributed by atoms with Crippen LogP contribution < -0.4 is 0 Å². The minimum atomic E-state index is -0.498. The third-order valence-electron chi connectivity index (χ3n) is 2.63. The summed E-state index contributed by atoms with van der Waals surface area (Å²) in [6.45, 7) is 0. The summed E-state index contributed by atoms with van der Waals surface area (Å²) in [5.41, 5.74) is 1.51. The van der Waals surface area contributed by atoms with Gasteiger partial charge in [-0.3, -0.25) is 0 Å². The van der Waals surface area contributed by atoms with E-state index in [0.29, 0.717) is 10.6 Å². The molecule has 0 nitrogen and oxygen atoms in total. The first-order valence-electron chi connectivity index (χ1n) is 5.57. The third-order valence-corrected chi connectivity index (χ3v) is 3.17. The van der Waals surface area contributed by atoms with E-state index in [1.807, 2.05) is 0 Å². The molecule has 2 rings (SSSR count). The molecule has 0 radical (unpaired) electrons. The fourth-order valence-electron chi connectivity index (χ4n) is 1.69. The number of allylic oxidation sites excluding steroid dienone is 1. The molecule has 0 aliphatic rings. The van der Waals surface area contributed by atoms with Gasteiger partial charge in [-0.05, 0) is 47.5 Å². The average molecular weight is 299 g/mol. The van der Waals surface area contributed by atoms with Crippen LogP contribution in [0.5, 0.6) is 0 Å². The van der Waals surface area contributed by atoms with Gasteiger partial charge in [-0.2, -0.15) is 0 Å². The standard InChI is InChI=1S/C15H10Cl2F2/c16-9-11(7-10-1-3-12(17)4-2-10)14-8-13(18)5-6-15(14)19/h1-8H,9H2/b11-7+. The highest BCUT2D eigenvalue weighted by molar-refractivity contribution is 6.30. The summed E-state index contributed by atoms with van der Waals surface area (Å²) in [4.78, 5) is 0. The Morgan fingerprint density at radius 3 is 2.37 bits per heavy atom. The Kier molecular flexibility index (Phi) is 4.56. The number of rotatable bonds is 3. The van der Waals surface area contributed by atoms with E-state index in [1.54, 1.807) is 30.3 Å². The van der Waals surface area contributed by atoms with Crippen molar-refractivity contribution in [3.63, 3.8) is 0 Å². The van der Waals surface area contributed by atoms with Crippen molar-refractivity contribution < 1.29 is 8.78 Å². The van der Waals surface area contributed by atoms with Gasteiger partial charge in [-0.15, -0.1) is 11.6 Å². The molecule has 0 fully saturated rings. The molecular formula is C15H10Cl2F2. The van der Waals surface area contributed by atoms with Crippen molar-refractivity contribution in [2.75, 3.05) is 5.88 Å². The van der Waals surface area contributed by atoms with E-state index in [9.17, 15) is 8.78 Å². The minimum Gasteiger partial charge on any atom is -0.207 e. The maximum Gasteiger partial charge on any atom is 0.130 e. The molecule has 0 N–H and O–H groups in total. The van der Waals surface area contributed by atoms with E-state index < -0.39 is 11.6 Å². The minimum absolute atomic E-state index is 0.0863. The maximum atomic E-state index is 13.7. The van der Waals surface area contributed by atoms with Gasteiger partial charge in [-0.25, -0.2) is 8.78 Å². The molecular weight excluding hydrogens is 289 g/mol. The summed E-state index contributed by atoms with van der Waals surface area (Å²) in [5, 5.41) is 0.613. The van der Waals surface area contributed by atoms with Crippen molar-refractivity contribution >= 4 is 34.9 Å². The van der Waals surface area contributed by atoms with Gasteiger partial charge in [0.15, 0.2) is 0 Å². The lowest BCUT2D eigenvalue weighted by Gasteiger charge is -2.06. The monoisotopic (exact) mass is 298 g/mol. The van der Waals surface area contributed by atoms with Crippen molar-refractivity contribution in [1.82, 2.24) is 0 Å². The van der Waals surface area contributed by atoms with Crippen molar-refractivity contribution in [2.24, 2.45) is 0 Å². The summed E-state index contributed by atoms with van der Waals surface area (Å²) in [6.07, 6.45) is 1.71. The first kappa shape index (κ1) is 14.0. The number of halogens is 4. The second-order valence-corrected chi connectivity index (χ2v) is 4.68. The molecule has 0 aliphatic heterocycles. The maximum absolute atomic E-state index is 13.7. The van der Waals surface area contributed by atoms with Gasteiger partial charge < -0.3 is 0 Å². The molecule has 98 valence electrons. The summed E-state index contributed by atoms with van der Waals surface area (Å²) in [5.74, 6) is -0.908. The Bertz CT molecular complexity index is 604. The number of alkyl halides is 1. The predicted octanol–water partition coefficient (Wildman–Crippen LogP) is 5.40. The van der Waals surface area contributed by atoms with Gasteiger partial charge in [0.2, 0.25) is 0 Å². The molecule has 19 heavy (non-hydrogen) atoms. The number of hydrogen-bond donors (Lipinski definition) is 0. The SMILES string of the molecule is Fc1ccc(F)c(/C(=C/c2ccc(Cl)cc2)CCl)c1. The fourth-order valence-corrected chi connectivity index (χ4v) is 2.04. The largest absolute Gasteiger partial charge is 0.207 e. The molecule has 4 heteroatoms. The molecule has 0 bridgehead atoms. The van der Waals surface area contributed by atoms with Crippen LogP contribution in [0.3, 0.4) is 0 Å². The predicted molar refractivity (Wildman–Crippen MR) is 76.4 cm³/mol. The van der Waals surface area contributed by atoms with Crippen LogP contribution in [0.25, 0.3) is 11.6 Å². The van der Waals surface area contributed by atoms with Gasteiger partial charge in [0.25, 0.3) is 0 Å². The summed E-state index contributed by atoms with van der Waals surface area (Å²) < 4.78 is 26.9. The Labute approximate surface area is 120 Å². The highest BCUT2D eigenvalue weighted by Crippen LogP contribution is 2.24. The Balaban J connectivity index is 2.44. The van der Waals surface area contributed by atoms with E-state index in [-0.39, 0.29) is 11.4 Å². The van der Waals surface area contributed by atoms with Crippen molar-refractivity contribution in [3.8, 4) is 0 Å². The van der Waals surface area contributed by atoms with Crippen LogP contribution >= 0.6 is 23.2 Å². The molecule has 0 aromatic heterocycles. The quantitative estimate of drug-likeness (QED) is 0.526. The van der Waals surface area contributed by atoms with Crippen LogP contribution in [0, 0.1) is 11.6 Å². The number of hydrogen-bond acceptors (Lipinski definition) is 0. The Hall–Kier alpha value is -1.38. The fraction of sp³-hybridized carbons (Fsp3) is 0.0667. The highest BCUT2D eigenvalue weighted by atomic mass is 35.5. The first-order valence-corrected chi connectivity index (χ1v) is 6.49. The molecule has 0 saturated heterocycles. The molecule has 0 amide bonds. The lowest BCUT2D eigenvalue weighted by atomic mass is 10.0. The highest BCUT2D eigenvalue weighted by Gasteiger charge is 2.08. The van der Waals surface area contributed by atoms with Gasteiger partial charge >= 0.3 is 0 Å². The van der Waals surface area contributed by atoms with Crippen LogP contribution in [0.15, 0.2) is 42.5 Å². The zero-order valence-electron chi connectivity index (χ0n) is 9.84. The third kappa shape index (κ3) is 3.55. The molecule has 2 aromatic rings. The number of benzene rings is 2. The smallest absolute Gasteiger partial charge is 0.130 e. The van der Waals surface area contributed by atoms with Crippen LogP contribution in [0.2, 0.25) is 5.02 Å². The molecule has 0 heterocycles.